The lowest BCUT2D eigenvalue weighted by molar-refractivity contribution is -0.123. The van der Waals surface area contributed by atoms with Gasteiger partial charge < -0.3 is 20.5 Å². The lowest BCUT2D eigenvalue weighted by Gasteiger charge is -2.27. The third-order valence-electron chi connectivity index (χ3n) is 4.70. The summed E-state index contributed by atoms with van der Waals surface area (Å²) in [5, 5.41) is 6.16. The van der Waals surface area contributed by atoms with Crippen LogP contribution in [0.1, 0.15) is 26.5 Å². The highest BCUT2D eigenvalue weighted by atomic mass is 35.5. The summed E-state index contributed by atoms with van der Waals surface area (Å²) in [6.45, 7) is 0.981. The van der Waals surface area contributed by atoms with Crippen molar-refractivity contribution in [2.45, 2.75) is 6.54 Å². The van der Waals surface area contributed by atoms with E-state index in [0.717, 1.165) is 5.52 Å². The summed E-state index contributed by atoms with van der Waals surface area (Å²) in [7, 11) is 0. The molecule has 3 amide bonds. The molecule has 0 radical (unpaired) electrons. The van der Waals surface area contributed by atoms with Crippen molar-refractivity contribution in [2.75, 3.05) is 19.6 Å². The predicted octanol–water partition coefficient (Wildman–Crippen LogP) is 2.37. The first-order valence-corrected chi connectivity index (χ1v) is 9.94. The predicted molar refractivity (Wildman–Crippen MR) is 113 cm³/mol. The van der Waals surface area contributed by atoms with Crippen LogP contribution >= 0.6 is 23.2 Å². The Morgan fingerprint density at radius 3 is 2.77 bits per heavy atom. The van der Waals surface area contributed by atoms with Gasteiger partial charge in [-0.15, -0.1) is 0 Å². The minimum atomic E-state index is -0.355. The molecule has 3 N–H and O–H groups in total. The van der Waals surface area contributed by atoms with Gasteiger partial charge in [-0.3, -0.25) is 14.4 Å². The van der Waals surface area contributed by atoms with Crippen LogP contribution in [0.2, 0.25) is 10.0 Å². The van der Waals surface area contributed by atoms with Crippen LogP contribution < -0.4 is 10.6 Å². The number of imidazole rings is 1. The summed E-state index contributed by atoms with van der Waals surface area (Å²) in [5.41, 5.74) is 2.09. The molecule has 1 aliphatic heterocycles. The normalized spacial score (nSPS) is 13.9. The number of rotatable bonds is 4. The number of aromatic nitrogens is 2. The van der Waals surface area contributed by atoms with Crippen LogP contribution in [0.3, 0.4) is 0 Å². The van der Waals surface area contributed by atoms with Gasteiger partial charge in [0.05, 0.1) is 34.7 Å². The maximum atomic E-state index is 12.6. The quantitative estimate of drug-likeness (QED) is 0.572. The molecule has 10 heteroatoms. The van der Waals surface area contributed by atoms with Crippen LogP contribution in [0.4, 0.5) is 0 Å². The van der Waals surface area contributed by atoms with Crippen molar-refractivity contribution in [3.8, 4) is 0 Å². The minimum absolute atomic E-state index is 0.0138. The highest BCUT2D eigenvalue weighted by Gasteiger charge is 2.24. The van der Waals surface area contributed by atoms with Crippen molar-refractivity contribution >= 4 is 52.0 Å². The highest BCUT2D eigenvalue weighted by Crippen LogP contribution is 2.21. The number of nitrogens with one attached hydrogen (secondary N) is 3. The second kappa shape index (κ2) is 8.33. The highest BCUT2D eigenvalue weighted by molar-refractivity contribution is 6.34. The van der Waals surface area contributed by atoms with E-state index in [1.165, 1.54) is 23.1 Å². The number of fused-ring (bicyclic) bond motifs is 1. The van der Waals surface area contributed by atoms with Gasteiger partial charge in [0, 0.05) is 23.7 Å². The minimum Gasteiger partial charge on any atom is -0.353 e. The molecule has 2 aromatic carbocycles. The molecule has 1 fully saturated rings. The third kappa shape index (κ3) is 4.24. The van der Waals surface area contributed by atoms with Crippen molar-refractivity contribution in [2.24, 2.45) is 0 Å². The second-order valence-corrected chi connectivity index (χ2v) is 7.64. The van der Waals surface area contributed by atoms with Crippen LogP contribution in [0.5, 0.6) is 0 Å². The molecule has 3 aromatic rings. The molecule has 0 bridgehead atoms. The molecule has 1 aliphatic rings. The number of piperazine rings is 1. The summed E-state index contributed by atoms with van der Waals surface area (Å²) in [4.78, 5) is 45.5. The molecule has 0 unspecified atom stereocenters. The van der Waals surface area contributed by atoms with Crippen LogP contribution in [0.25, 0.3) is 11.0 Å². The van der Waals surface area contributed by atoms with E-state index in [1.54, 1.807) is 12.1 Å². The molecular weight excluding hydrogens is 429 g/mol. The van der Waals surface area contributed by atoms with Crippen molar-refractivity contribution in [3.05, 3.63) is 63.4 Å². The Kier molecular flexibility index (Phi) is 5.61. The average Bonchev–Trinajstić information content (AvgIpc) is 3.13. The number of carbonyl (C=O) groups is 3. The molecule has 4 rings (SSSR count). The monoisotopic (exact) mass is 445 g/mol. The summed E-state index contributed by atoms with van der Waals surface area (Å²) >= 11 is 12.2. The van der Waals surface area contributed by atoms with Gasteiger partial charge in [0.25, 0.3) is 11.8 Å². The first kappa shape index (κ1) is 20.2. The van der Waals surface area contributed by atoms with Gasteiger partial charge in [-0.05, 0) is 36.4 Å². The third-order valence-corrected chi connectivity index (χ3v) is 5.25. The maximum absolute atomic E-state index is 12.6. The molecule has 1 aromatic heterocycles. The molecular formula is C20H17Cl2N5O3. The number of carbonyl (C=O) groups excluding carboxylic acids is 3. The maximum Gasteiger partial charge on any atom is 0.255 e. The summed E-state index contributed by atoms with van der Waals surface area (Å²) < 4.78 is 0. The van der Waals surface area contributed by atoms with E-state index >= 15 is 0 Å². The topological polar surface area (TPSA) is 107 Å². The zero-order valence-electron chi connectivity index (χ0n) is 15.7. The van der Waals surface area contributed by atoms with Crippen LogP contribution in [0.15, 0.2) is 36.4 Å². The standard InChI is InChI=1S/C20H17Cl2N5O3/c21-12-2-4-15-16(8-12)26-17(25-15)9-24-19(29)11-1-3-13(14(22)7-11)20(30)27-6-5-23-18(28)10-27/h1-4,7-8H,5-6,9-10H2,(H,23,28)(H,24,29)(H,25,26). The van der Waals surface area contributed by atoms with Crippen LogP contribution in [-0.4, -0.2) is 52.2 Å². The summed E-state index contributed by atoms with van der Waals surface area (Å²) in [6.07, 6.45) is 0. The molecule has 1 saturated heterocycles. The van der Waals surface area contributed by atoms with Crippen molar-refractivity contribution < 1.29 is 14.4 Å². The fourth-order valence-corrected chi connectivity index (χ4v) is 3.62. The number of halogens is 2. The van der Waals surface area contributed by atoms with Gasteiger partial charge in [0.1, 0.15) is 5.82 Å². The smallest absolute Gasteiger partial charge is 0.255 e. The number of amides is 3. The Morgan fingerprint density at radius 1 is 1.17 bits per heavy atom. The first-order chi connectivity index (χ1) is 14.4. The lowest BCUT2D eigenvalue weighted by Crippen LogP contribution is -2.50. The average molecular weight is 446 g/mol. The molecule has 0 saturated carbocycles. The SMILES string of the molecule is O=C1CN(C(=O)c2ccc(C(=O)NCc3nc4cc(Cl)ccc4[nH]3)cc2Cl)CCN1. The van der Waals surface area contributed by atoms with E-state index in [1.807, 2.05) is 6.07 Å². The van der Waals surface area contributed by atoms with E-state index in [9.17, 15) is 14.4 Å². The van der Waals surface area contributed by atoms with E-state index < -0.39 is 0 Å². The molecule has 8 nitrogen and oxygen atoms in total. The van der Waals surface area contributed by atoms with Gasteiger partial charge in [0.15, 0.2) is 0 Å². The Morgan fingerprint density at radius 2 is 2.00 bits per heavy atom. The summed E-state index contributed by atoms with van der Waals surface area (Å²) in [5.74, 6) is -0.328. The molecule has 0 spiro atoms. The summed E-state index contributed by atoms with van der Waals surface area (Å²) in [6, 6.07) is 9.77. The lowest BCUT2D eigenvalue weighted by atomic mass is 10.1. The fraction of sp³-hybridized carbons (Fsp3) is 0.200. The van der Waals surface area contributed by atoms with Crippen LogP contribution in [-0.2, 0) is 11.3 Å². The molecule has 154 valence electrons. The van der Waals surface area contributed by atoms with Gasteiger partial charge >= 0.3 is 0 Å². The van der Waals surface area contributed by atoms with Gasteiger partial charge in [-0.1, -0.05) is 23.2 Å². The second-order valence-electron chi connectivity index (χ2n) is 6.80. The number of benzene rings is 2. The van der Waals surface area contributed by atoms with Gasteiger partial charge in [0.2, 0.25) is 5.91 Å². The van der Waals surface area contributed by atoms with Crippen molar-refractivity contribution in [1.82, 2.24) is 25.5 Å². The zero-order valence-corrected chi connectivity index (χ0v) is 17.2. The van der Waals surface area contributed by atoms with E-state index in [2.05, 4.69) is 20.6 Å². The Hall–Kier alpha value is -3.10. The number of hydrogen-bond donors (Lipinski definition) is 3. The first-order valence-electron chi connectivity index (χ1n) is 9.18. The van der Waals surface area contributed by atoms with E-state index in [0.29, 0.717) is 35.0 Å². The zero-order chi connectivity index (χ0) is 21.3. The fourth-order valence-electron chi connectivity index (χ4n) is 3.19. The van der Waals surface area contributed by atoms with Crippen molar-refractivity contribution in [3.63, 3.8) is 0 Å². The number of aromatic amines is 1. The Bertz CT molecular complexity index is 1160. The van der Waals surface area contributed by atoms with Crippen molar-refractivity contribution in [1.29, 1.82) is 0 Å². The molecule has 2 heterocycles. The molecule has 0 atom stereocenters. The van der Waals surface area contributed by atoms with E-state index in [4.69, 9.17) is 23.2 Å². The number of hydrogen-bond acceptors (Lipinski definition) is 4. The Balaban J connectivity index is 1.43. The number of nitrogens with zero attached hydrogens (tertiary/aromatic N) is 2. The van der Waals surface area contributed by atoms with Gasteiger partial charge in [-0.2, -0.15) is 0 Å². The molecule has 30 heavy (non-hydrogen) atoms. The number of H-pyrrole nitrogens is 1. The van der Waals surface area contributed by atoms with Crippen LogP contribution in [0, 0.1) is 0 Å². The molecule has 0 aliphatic carbocycles. The Labute approximate surface area is 181 Å². The van der Waals surface area contributed by atoms with Gasteiger partial charge in [-0.25, -0.2) is 4.98 Å². The largest absolute Gasteiger partial charge is 0.353 e. The van der Waals surface area contributed by atoms with E-state index in [-0.39, 0.29) is 41.4 Å².